The molecule has 0 aliphatic heterocycles. The molecule has 0 amide bonds. The van der Waals surface area contributed by atoms with Gasteiger partial charge in [-0.05, 0) is 42.0 Å². The van der Waals surface area contributed by atoms with Crippen molar-refractivity contribution < 1.29 is 0 Å². The van der Waals surface area contributed by atoms with E-state index in [1.807, 2.05) is 0 Å². The zero-order valence-corrected chi connectivity index (χ0v) is 14.5. The van der Waals surface area contributed by atoms with Gasteiger partial charge in [-0.2, -0.15) is 0 Å². The first-order chi connectivity index (χ1) is 9.52. The van der Waals surface area contributed by atoms with E-state index in [4.69, 9.17) is 11.6 Å². The smallest absolute Gasteiger partial charge is 0.0846 e. The second-order valence-corrected chi connectivity index (χ2v) is 6.65. The van der Waals surface area contributed by atoms with E-state index < -0.39 is 0 Å². The largest absolute Gasteiger partial charge is 0.113 e. The van der Waals surface area contributed by atoms with Crippen molar-refractivity contribution in [2.45, 2.75) is 38.5 Å². The van der Waals surface area contributed by atoms with Crippen LogP contribution in [0.1, 0.15) is 53.8 Å². The Kier molecular flexibility index (Phi) is 5.29. The molecule has 2 aromatic rings. The monoisotopic (exact) mass is 350 g/mol. The normalized spacial score (nSPS) is 14.1. The van der Waals surface area contributed by atoms with E-state index in [0.29, 0.717) is 5.92 Å². The van der Waals surface area contributed by atoms with Gasteiger partial charge in [0.1, 0.15) is 0 Å². The molecule has 20 heavy (non-hydrogen) atoms. The first kappa shape index (κ1) is 15.6. The van der Waals surface area contributed by atoms with Crippen LogP contribution >= 0.6 is 27.5 Å². The molecule has 0 aromatic heterocycles. The third-order valence-electron chi connectivity index (χ3n) is 3.84. The van der Waals surface area contributed by atoms with Gasteiger partial charge in [0.25, 0.3) is 0 Å². The van der Waals surface area contributed by atoms with Crippen LogP contribution in [0.2, 0.25) is 0 Å². The second kappa shape index (κ2) is 6.78. The van der Waals surface area contributed by atoms with Crippen molar-refractivity contribution in [1.82, 2.24) is 0 Å². The minimum Gasteiger partial charge on any atom is -0.113 e. The molecule has 0 saturated carbocycles. The molecule has 0 bridgehead atoms. The highest BCUT2D eigenvalue weighted by Gasteiger charge is 2.14. The summed E-state index contributed by atoms with van der Waals surface area (Å²) in [4.78, 5) is 0. The fourth-order valence-corrected chi connectivity index (χ4v) is 3.20. The van der Waals surface area contributed by atoms with Gasteiger partial charge in [0.2, 0.25) is 0 Å². The third kappa shape index (κ3) is 3.45. The molecule has 0 radical (unpaired) electrons. The minimum absolute atomic E-state index is 0.116. The summed E-state index contributed by atoms with van der Waals surface area (Å²) in [5.41, 5.74) is 4.88. The highest BCUT2D eigenvalue weighted by molar-refractivity contribution is 9.10. The molecule has 0 spiro atoms. The summed E-state index contributed by atoms with van der Waals surface area (Å²) in [6.07, 6.45) is 1.16. The van der Waals surface area contributed by atoms with Crippen LogP contribution in [0.3, 0.4) is 0 Å². The highest BCUT2D eigenvalue weighted by atomic mass is 79.9. The van der Waals surface area contributed by atoms with E-state index in [0.717, 1.165) is 22.0 Å². The van der Waals surface area contributed by atoms with Crippen LogP contribution in [0.15, 0.2) is 46.9 Å². The number of hydrogen-bond acceptors (Lipinski definition) is 0. The van der Waals surface area contributed by atoms with Gasteiger partial charge in [-0.3, -0.25) is 0 Å². The average Bonchev–Trinajstić information content (AvgIpc) is 2.48. The van der Waals surface area contributed by atoms with Crippen molar-refractivity contribution in [3.63, 3.8) is 0 Å². The van der Waals surface area contributed by atoms with E-state index in [-0.39, 0.29) is 5.38 Å². The number of benzene rings is 2. The SMILES string of the molecule is CCC(C)c1ccc(C(Cl)c2cc(C)ccc2Br)cc1. The van der Waals surface area contributed by atoms with Gasteiger partial charge < -0.3 is 0 Å². The lowest BCUT2D eigenvalue weighted by Crippen LogP contribution is -1.97. The Labute approximate surface area is 135 Å². The minimum atomic E-state index is -0.116. The van der Waals surface area contributed by atoms with Gasteiger partial charge in [-0.25, -0.2) is 0 Å². The van der Waals surface area contributed by atoms with Gasteiger partial charge in [0.15, 0.2) is 0 Å². The molecule has 0 nitrogen and oxygen atoms in total. The number of hydrogen-bond donors (Lipinski definition) is 0. The Hall–Kier alpha value is -0.790. The first-order valence-electron chi connectivity index (χ1n) is 7.03. The molecule has 2 aromatic carbocycles. The van der Waals surface area contributed by atoms with Gasteiger partial charge >= 0.3 is 0 Å². The first-order valence-corrected chi connectivity index (χ1v) is 8.25. The van der Waals surface area contributed by atoms with E-state index in [1.54, 1.807) is 0 Å². The summed E-state index contributed by atoms with van der Waals surface area (Å²) in [5, 5.41) is -0.116. The van der Waals surface area contributed by atoms with Gasteiger partial charge in [0.05, 0.1) is 5.38 Å². The highest BCUT2D eigenvalue weighted by Crippen LogP contribution is 2.35. The summed E-state index contributed by atoms with van der Waals surface area (Å²) < 4.78 is 1.06. The quantitative estimate of drug-likeness (QED) is 0.544. The van der Waals surface area contributed by atoms with Crippen molar-refractivity contribution in [3.8, 4) is 0 Å². The molecular weight excluding hydrogens is 332 g/mol. The van der Waals surface area contributed by atoms with E-state index in [9.17, 15) is 0 Å². The second-order valence-electron chi connectivity index (χ2n) is 5.36. The maximum absolute atomic E-state index is 6.64. The maximum atomic E-state index is 6.64. The number of halogens is 2. The van der Waals surface area contributed by atoms with Gasteiger partial charge in [-0.1, -0.05) is 71.7 Å². The standard InChI is InChI=1S/C18H20BrCl/c1-4-13(3)14-6-8-15(9-7-14)18(20)16-11-12(2)5-10-17(16)19/h5-11,13,18H,4H2,1-3H3. The molecule has 0 heterocycles. The van der Waals surface area contributed by atoms with Crippen LogP contribution in [0.25, 0.3) is 0 Å². The van der Waals surface area contributed by atoms with E-state index in [1.165, 1.54) is 11.1 Å². The summed E-state index contributed by atoms with van der Waals surface area (Å²) >= 11 is 10.2. The Morgan fingerprint density at radius 2 is 1.65 bits per heavy atom. The molecule has 2 atom stereocenters. The third-order valence-corrected chi connectivity index (χ3v) is 5.04. The molecule has 0 saturated heterocycles. The van der Waals surface area contributed by atoms with E-state index >= 15 is 0 Å². The van der Waals surface area contributed by atoms with Crippen LogP contribution in [-0.2, 0) is 0 Å². The van der Waals surface area contributed by atoms with Crippen molar-refractivity contribution in [3.05, 3.63) is 69.2 Å². The molecule has 0 N–H and O–H groups in total. The summed E-state index contributed by atoms with van der Waals surface area (Å²) in [6, 6.07) is 15.0. The zero-order chi connectivity index (χ0) is 14.7. The Bertz CT molecular complexity index is 574. The molecule has 0 aliphatic rings. The van der Waals surface area contributed by atoms with Gasteiger partial charge in [0, 0.05) is 4.47 Å². The van der Waals surface area contributed by atoms with Gasteiger partial charge in [-0.15, -0.1) is 11.6 Å². The molecule has 106 valence electrons. The molecular formula is C18H20BrCl. The molecule has 2 rings (SSSR count). The lowest BCUT2D eigenvalue weighted by atomic mass is 9.95. The zero-order valence-electron chi connectivity index (χ0n) is 12.2. The summed E-state index contributed by atoms with van der Waals surface area (Å²) in [5.74, 6) is 0.600. The van der Waals surface area contributed by atoms with Crippen molar-refractivity contribution in [2.75, 3.05) is 0 Å². The van der Waals surface area contributed by atoms with E-state index in [2.05, 4.69) is 79.2 Å². The lowest BCUT2D eigenvalue weighted by Gasteiger charge is -2.15. The molecule has 0 aliphatic carbocycles. The van der Waals surface area contributed by atoms with Crippen LogP contribution in [0.4, 0.5) is 0 Å². The van der Waals surface area contributed by atoms with Crippen molar-refractivity contribution in [1.29, 1.82) is 0 Å². The predicted octanol–water partition coefficient (Wildman–Crippen LogP) is 6.60. The maximum Gasteiger partial charge on any atom is 0.0846 e. The van der Waals surface area contributed by atoms with Crippen molar-refractivity contribution in [2.24, 2.45) is 0 Å². The molecule has 0 fully saturated rings. The summed E-state index contributed by atoms with van der Waals surface area (Å²) in [6.45, 7) is 6.56. The number of aryl methyl sites for hydroxylation is 1. The Balaban J connectivity index is 2.29. The van der Waals surface area contributed by atoms with Crippen LogP contribution in [0, 0.1) is 6.92 Å². The van der Waals surface area contributed by atoms with Crippen LogP contribution in [-0.4, -0.2) is 0 Å². The van der Waals surface area contributed by atoms with Crippen molar-refractivity contribution >= 4 is 27.5 Å². The molecule has 2 heteroatoms. The Morgan fingerprint density at radius 3 is 2.25 bits per heavy atom. The lowest BCUT2D eigenvalue weighted by molar-refractivity contribution is 0.733. The number of rotatable bonds is 4. The Morgan fingerprint density at radius 1 is 1.05 bits per heavy atom. The summed E-state index contributed by atoms with van der Waals surface area (Å²) in [7, 11) is 0. The topological polar surface area (TPSA) is 0 Å². The fraction of sp³-hybridized carbons (Fsp3) is 0.333. The predicted molar refractivity (Wildman–Crippen MR) is 91.7 cm³/mol. The number of alkyl halides is 1. The van der Waals surface area contributed by atoms with Crippen LogP contribution < -0.4 is 0 Å². The van der Waals surface area contributed by atoms with Crippen LogP contribution in [0.5, 0.6) is 0 Å². The average molecular weight is 352 g/mol. The molecule has 2 unspecified atom stereocenters. The fourth-order valence-electron chi connectivity index (χ4n) is 2.27.